The number of alkyl halides is 12. The number of nitrogens with zero attached hydrogens (tertiary/aromatic N) is 4. The summed E-state index contributed by atoms with van der Waals surface area (Å²) in [6, 6.07) is 45.4. The SMILES string of the molecule is N#Cc1cc(-n2c3ccccc3c3ccc(-c4ccc(C(F)(F)F)cc4C(F)(F)F)cc32)c(-n2c3ccccc3c3ccc(-c4ccc(C(F)(F)F)cc4C(F)(F)F)cc32)cc1-c1cccc(-c2ccccc2)n1. The number of benzene rings is 8. The van der Waals surface area contributed by atoms with Crippen molar-refractivity contribution in [1.29, 1.82) is 5.26 Å². The number of pyridine rings is 1. The van der Waals surface area contributed by atoms with Crippen LogP contribution in [0.1, 0.15) is 27.8 Å². The molecule has 0 atom stereocenters. The van der Waals surface area contributed by atoms with E-state index in [4.69, 9.17) is 4.98 Å². The van der Waals surface area contributed by atoms with Gasteiger partial charge in [-0.1, -0.05) is 109 Å². The lowest BCUT2D eigenvalue weighted by molar-refractivity contribution is -0.144. The van der Waals surface area contributed by atoms with Gasteiger partial charge in [0, 0.05) is 32.7 Å². The third-order valence-electron chi connectivity index (χ3n) is 13.1. The average molecular weight is 1010 g/mol. The fourth-order valence-electron chi connectivity index (χ4n) is 9.80. The number of fused-ring (bicyclic) bond motifs is 6. The molecular formula is C58H30F12N4. The van der Waals surface area contributed by atoms with Crippen LogP contribution in [0.4, 0.5) is 52.7 Å². The minimum absolute atomic E-state index is 0.0603. The van der Waals surface area contributed by atoms with Crippen LogP contribution in [-0.4, -0.2) is 14.1 Å². The van der Waals surface area contributed by atoms with E-state index in [1.54, 1.807) is 100 Å². The summed E-state index contributed by atoms with van der Waals surface area (Å²) in [6.45, 7) is 0. The highest BCUT2D eigenvalue weighted by molar-refractivity contribution is 6.13. The number of rotatable bonds is 6. The Morgan fingerprint density at radius 2 is 0.797 bits per heavy atom. The van der Waals surface area contributed by atoms with Gasteiger partial charge in [0.1, 0.15) is 0 Å². The third-order valence-corrected chi connectivity index (χ3v) is 13.1. The molecule has 0 unspecified atom stereocenters. The Kier molecular flexibility index (Phi) is 11.0. The molecule has 0 aliphatic rings. The highest BCUT2D eigenvalue weighted by atomic mass is 19.4. The lowest BCUT2D eigenvalue weighted by Crippen LogP contribution is -2.12. The summed E-state index contributed by atoms with van der Waals surface area (Å²) in [5.74, 6) is 0. The quantitative estimate of drug-likeness (QED) is 0.156. The van der Waals surface area contributed by atoms with Gasteiger partial charge in [-0.2, -0.15) is 57.9 Å². The Morgan fingerprint density at radius 1 is 0.351 bits per heavy atom. The van der Waals surface area contributed by atoms with Crippen LogP contribution in [-0.2, 0) is 24.7 Å². The number of halogens is 12. The first kappa shape index (κ1) is 47.5. The van der Waals surface area contributed by atoms with E-state index in [0.717, 1.165) is 17.7 Å². The van der Waals surface area contributed by atoms with Crippen LogP contribution >= 0.6 is 0 Å². The lowest BCUT2D eigenvalue weighted by atomic mass is 9.95. The third kappa shape index (κ3) is 8.14. The van der Waals surface area contributed by atoms with Crippen molar-refractivity contribution in [2.24, 2.45) is 0 Å². The predicted molar refractivity (Wildman–Crippen MR) is 259 cm³/mol. The number of hydrogen-bond donors (Lipinski definition) is 0. The Labute approximate surface area is 411 Å². The van der Waals surface area contributed by atoms with Crippen molar-refractivity contribution < 1.29 is 52.7 Å². The van der Waals surface area contributed by atoms with E-state index in [-0.39, 0.29) is 51.2 Å². The normalized spacial score (nSPS) is 12.6. The fourth-order valence-corrected chi connectivity index (χ4v) is 9.80. The van der Waals surface area contributed by atoms with Crippen molar-refractivity contribution in [1.82, 2.24) is 14.1 Å². The smallest absolute Gasteiger partial charge is 0.307 e. The maximum atomic E-state index is 14.8. The zero-order chi connectivity index (χ0) is 52.1. The van der Waals surface area contributed by atoms with Gasteiger partial charge in [0.15, 0.2) is 0 Å². The van der Waals surface area contributed by atoms with Gasteiger partial charge in [0.25, 0.3) is 0 Å². The zero-order valence-electron chi connectivity index (χ0n) is 37.6. The molecule has 0 saturated heterocycles. The summed E-state index contributed by atoms with van der Waals surface area (Å²) in [5.41, 5.74) is -3.28. The van der Waals surface area contributed by atoms with E-state index in [9.17, 15) is 57.9 Å². The predicted octanol–water partition coefficient (Wildman–Crippen LogP) is 17.9. The van der Waals surface area contributed by atoms with Crippen molar-refractivity contribution in [2.75, 3.05) is 0 Å². The second-order valence-corrected chi connectivity index (χ2v) is 17.5. The molecule has 0 aliphatic heterocycles. The molecule has 11 rings (SSSR count). The van der Waals surface area contributed by atoms with Crippen LogP contribution in [0, 0.1) is 11.3 Å². The average Bonchev–Trinajstić information content (AvgIpc) is 3.90. The molecule has 3 aromatic heterocycles. The van der Waals surface area contributed by atoms with Crippen LogP contribution in [0.5, 0.6) is 0 Å². The first-order valence-electron chi connectivity index (χ1n) is 22.4. The van der Waals surface area contributed by atoms with Crippen molar-refractivity contribution >= 4 is 43.6 Å². The highest BCUT2D eigenvalue weighted by Crippen LogP contribution is 2.47. The van der Waals surface area contributed by atoms with E-state index < -0.39 is 58.1 Å². The summed E-state index contributed by atoms with van der Waals surface area (Å²) in [5, 5.41) is 13.2. The summed E-state index contributed by atoms with van der Waals surface area (Å²) in [7, 11) is 0. The molecule has 0 N–H and O–H groups in total. The minimum atomic E-state index is -5.22. The van der Waals surface area contributed by atoms with Crippen LogP contribution in [0.25, 0.3) is 99.8 Å². The van der Waals surface area contributed by atoms with E-state index in [1.807, 2.05) is 30.3 Å². The number of aromatic nitrogens is 3. The number of nitriles is 1. The van der Waals surface area contributed by atoms with Crippen molar-refractivity contribution in [2.45, 2.75) is 24.7 Å². The van der Waals surface area contributed by atoms with Crippen LogP contribution in [0.3, 0.4) is 0 Å². The first-order valence-corrected chi connectivity index (χ1v) is 22.4. The molecule has 0 amide bonds. The monoisotopic (exact) mass is 1010 g/mol. The van der Waals surface area contributed by atoms with E-state index >= 15 is 0 Å². The molecule has 0 radical (unpaired) electrons. The largest absolute Gasteiger partial charge is 0.417 e. The first-order chi connectivity index (χ1) is 35.2. The molecule has 8 aromatic carbocycles. The van der Waals surface area contributed by atoms with Crippen LogP contribution in [0.2, 0.25) is 0 Å². The molecule has 366 valence electrons. The van der Waals surface area contributed by atoms with Gasteiger partial charge in [-0.3, -0.25) is 0 Å². The van der Waals surface area contributed by atoms with Crippen molar-refractivity contribution in [3.8, 4) is 62.2 Å². The Morgan fingerprint density at radius 3 is 1.27 bits per heavy atom. The molecule has 16 heteroatoms. The molecule has 0 aliphatic carbocycles. The van der Waals surface area contributed by atoms with Gasteiger partial charge >= 0.3 is 24.7 Å². The van der Waals surface area contributed by atoms with Crippen molar-refractivity contribution in [3.63, 3.8) is 0 Å². The maximum absolute atomic E-state index is 14.8. The zero-order valence-corrected chi connectivity index (χ0v) is 37.6. The van der Waals surface area contributed by atoms with E-state index in [0.29, 0.717) is 61.7 Å². The standard InChI is InChI=1S/C58H30F12N4/c59-55(60,61)36-19-23-38(45(28-36)57(65,66)67)33-17-21-42-40-11-4-6-15-49(40)73(51(42)25-33)53-27-35(31-71)44(48-14-8-13-47(72-48)32-9-2-1-3-10-32)30-54(53)74-50-16-7-5-12-41(50)43-22-18-34(26-52(43)74)39-24-20-37(56(62,63)64)29-46(39)58(68,69)70/h1-30H. The van der Waals surface area contributed by atoms with E-state index in [2.05, 4.69) is 6.07 Å². The van der Waals surface area contributed by atoms with Gasteiger partial charge < -0.3 is 9.13 Å². The van der Waals surface area contributed by atoms with Crippen LogP contribution < -0.4 is 0 Å². The molecule has 0 fully saturated rings. The Balaban J connectivity index is 1.25. The molecule has 0 saturated carbocycles. The van der Waals surface area contributed by atoms with Crippen LogP contribution in [0.15, 0.2) is 182 Å². The molecular weight excluding hydrogens is 981 g/mol. The number of hydrogen-bond acceptors (Lipinski definition) is 2. The lowest BCUT2D eigenvalue weighted by Gasteiger charge is -2.20. The van der Waals surface area contributed by atoms with Gasteiger partial charge in [0.05, 0.1) is 78.7 Å². The molecule has 0 bridgehead atoms. The molecule has 11 aromatic rings. The summed E-state index contributed by atoms with van der Waals surface area (Å²) >= 11 is 0. The molecule has 3 heterocycles. The minimum Gasteiger partial charge on any atom is -0.307 e. The van der Waals surface area contributed by atoms with Gasteiger partial charge in [-0.05, 0) is 95.1 Å². The molecule has 74 heavy (non-hydrogen) atoms. The van der Waals surface area contributed by atoms with Gasteiger partial charge in [-0.15, -0.1) is 0 Å². The Hall–Kier alpha value is -8.84. The second-order valence-electron chi connectivity index (χ2n) is 17.5. The van der Waals surface area contributed by atoms with Gasteiger partial charge in [0.2, 0.25) is 0 Å². The maximum Gasteiger partial charge on any atom is 0.417 e. The highest BCUT2D eigenvalue weighted by Gasteiger charge is 2.40. The summed E-state index contributed by atoms with van der Waals surface area (Å²) in [6.07, 6.45) is -20.6. The second kappa shape index (κ2) is 17.2. The fraction of sp³-hybridized carbons (Fsp3) is 0.0690. The molecule has 0 spiro atoms. The topological polar surface area (TPSA) is 46.5 Å². The molecule has 4 nitrogen and oxygen atoms in total. The summed E-state index contributed by atoms with van der Waals surface area (Å²) < 4.78 is 175. The van der Waals surface area contributed by atoms with Gasteiger partial charge in [-0.25, -0.2) is 4.98 Å². The number of para-hydroxylation sites is 2. The van der Waals surface area contributed by atoms with Crippen molar-refractivity contribution in [3.05, 3.63) is 210 Å². The van der Waals surface area contributed by atoms with E-state index in [1.165, 1.54) is 24.3 Å². The summed E-state index contributed by atoms with van der Waals surface area (Å²) in [4.78, 5) is 4.95. The Bertz CT molecular complexity index is 4100.